The fourth-order valence-electron chi connectivity index (χ4n) is 2.19. The van der Waals surface area contributed by atoms with Crippen molar-refractivity contribution in [3.63, 3.8) is 0 Å². The van der Waals surface area contributed by atoms with Gasteiger partial charge in [0.05, 0.1) is 0 Å². The number of nitrogens with zero attached hydrogens (tertiary/aromatic N) is 3. The van der Waals surface area contributed by atoms with E-state index in [9.17, 15) is 0 Å². The Balaban J connectivity index is 2.58. The van der Waals surface area contributed by atoms with E-state index in [4.69, 9.17) is 16.6 Å². The summed E-state index contributed by atoms with van der Waals surface area (Å²) < 4.78 is 0. The summed E-state index contributed by atoms with van der Waals surface area (Å²) in [5.41, 5.74) is 3.08. The van der Waals surface area contributed by atoms with E-state index in [1.165, 1.54) is 5.56 Å². The van der Waals surface area contributed by atoms with Gasteiger partial charge in [-0.1, -0.05) is 50.6 Å². The number of anilines is 2. The minimum Gasteiger partial charge on any atom is -0.329 e. The molecule has 4 heteroatoms. The minimum atomic E-state index is -0.140. The average molecular weight is 304 g/mol. The first-order valence-electron chi connectivity index (χ1n) is 7.06. The molecule has 2 rings (SSSR count). The summed E-state index contributed by atoms with van der Waals surface area (Å²) in [6.45, 7) is 10.3. The van der Waals surface area contributed by atoms with E-state index in [1.54, 1.807) is 0 Å². The Bertz CT molecular complexity index is 660. The molecule has 0 saturated carbocycles. The van der Waals surface area contributed by atoms with Crippen molar-refractivity contribution in [2.75, 3.05) is 11.9 Å². The van der Waals surface area contributed by atoms with Crippen molar-refractivity contribution in [1.29, 1.82) is 0 Å². The number of hydrogen-bond donors (Lipinski definition) is 0. The third kappa shape index (κ3) is 3.18. The molecule has 0 saturated heterocycles. The number of hydrogen-bond acceptors (Lipinski definition) is 3. The second-order valence-electron chi connectivity index (χ2n) is 6.38. The lowest BCUT2D eigenvalue weighted by atomic mass is 9.95. The summed E-state index contributed by atoms with van der Waals surface area (Å²) in [5, 5.41) is 0.519. The van der Waals surface area contributed by atoms with E-state index in [2.05, 4.69) is 49.7 Å². The summed E-state index contributed by atoms with van der Waals surface area (Å²) in [6.07, 6.45) is 0. The Morgan fingerprint density at radius 1 is 1.05 bits per heavy atom. The molecule has 0 aliphatic heterocycles. The van der Waals surface area contributed by atoms with Gasteiger partial charge in [-0.15, -0.1) is 0 Å². The van der Waals surface area contributed by atoms with Crippen LogP contribution in [-0.2, 0) is 5.41 Å². The number of benzene rings is 1. The van der Waals surface area contributed by atoms with Gasteiger partial charge in [0, 0.05) is 23.7 Å². The maximum atomic E-state index is 6.32. The number of aromatic nitrogens is 2. The summed E-state index contributed by atoms with van der Waals surface area (Å²) in [5.74, 6) is 1.61. The van der Waals surface area contributed by atoms with Crippen molar-refractivity contribution >= 4 is 23.1 Å². The molecule has 0 unspecified atom stereocenters. The topological polar surface area (TPSA) is 29.0 Å². The molecule has 0 fully saturated rings. The zero-order valence-electron chi connectivity index (χ0n) is 13.5. The summed E-state index contributed by atoms with van der Waals surface area (Å²) in [7, 11) is 2.01. The van der Waals surface area contributed by atoms with Crippen LogP contribution < -0.4 is 4.90 Å². The predicted molar refractivity (Wildman–Crippen MR) is 89.7 cm³/mol. The Labute approximate surface area is 132 Å². The van der Waals surface area contributed by atoms with Gasteiger partial charge in [0.25, 0.3) is 0 Å². The summed E-state index contributed by atoms with van der Waals surface area (Å²) >= 11 is 6.32. The number of aryl methyl sites for hydroxylation is 1. The van der Waals surface area contributed by atoms with Crippen molar-refractivity contribution < 1.29 is 0 Å². The lowest BCUT2D eigenvalue weighted by molar-refractivity contribution is 0.544. The molecule has 0 amide bonds. The van der Waals surface area contributed by atoms with Crippen LogP contribution in [0.1, 0.15) is 37.7 Å². The summed E-state index contributed by atoms with van der Waals surface area (Å²) in [4.78, 5) is 11.3. The lowest BCUT2D eigenvalue weighted by Gasteiger charge is -2.25. The molecule has 0 N–H and O–H groups in total. The van der Waals surface area contributed by atoms with E-state index in [0.29, 0.717) is 5.15 Å². The Morgan fingerprint density at radius 2 is 1.67 bits per heavy atom. The molecular weight excluding hydrogens is 282 g/mol. The molecule has 1 aromatic heterocycles. The van der Waals surface area contributed by atoms with E-state index >= 15 is 0 Å². The van der Waals surface area contributed by atoms with Crippen molar-refractivity contribution in [3.8, 4) is 0 Å². The fraction of sp³-hybridized carbons (Fsp3) is 0.412. The standard InChI is InChI=1S/C17H22ClN3/c1-11-9-7-8-10-13(11)21(6)15-12(2)14(18)19-16(20-15)17(3,4)5/h7-10H,1-6H3. The first-order chi connectivity index (χ1) is 9.71. The van der Waals surface area contributed by atoms with Gasteiger partial charge in [0.1, 0.15) is 16.8 Å². The first-order valence-corrected chi connectivity index (χ1v) is 7.43. The van der Waals surface area contributed by atoms with Crippen LogP contribution in [0.4, 0.5) is 11.5 Å². The van der Waals surface area contributed by atoms with Crippen LogP contribution in [0.3, 0.4) is 0 Å². The van der Waals surface area contributed by atoms with Gasteiger partial charge in [-0.25, -0.2) is 9.97 Å². The van der Waals surface area contributed by atoms with Gasteiger partial charge in [0.2, 0.25) is 0 Å². The molecule has 21 heavy (non-hydrogen) atoms. The molecule has 1 heterocycles. The highest BCUT2D eigenvalue weighted by atomic mass is 35.5. The van der Waals surface area contributed by atoms with Crippen molar-refractivity contribution in [1.82, 2.24) is 9.97 Å². The normalized spacial score (nSPS) is 11.6. The van der Waals surface area contributed by atoms with Crippen LogP contribution in [0.2, 0.25) is 5.15 Å². The zero-order chi connectivity index (χ0) is 15.8. The smallest absolute Gasteiger partial charge is 0.140 e. The largest absolute Gasteiger partial charge is 0.329 e. The molecule has 0 radical (unpaired) electrons. The van der Waals surface area contributed by atoms with Crippen molar-refractivity contribution in [2.24, 2.45) is 0 Å². The molecule has 0 bridgehead atoms. The maximum absolute atomic E-state index is 6.32. The highest BCUT2D eigenvalue weighted by Crippen LogP contribution is 2.32. The second kappa shape index (κ2) is 5.64. The molecule has 1 aromatic carbocycles. The first kappa shape index (κ1) is 15.8. The van der Waals surface area contributed by atoms with E-state index in [1.807, 2.05) is 26.1 Å². The van der Waals surface area contributed by atoms with Crippen molar-refractivity contribution in [2.45, 2.75) is 40.0 Å². The van der Waals surface area contributed by atoms with Gasteiger partial charge in [-0.2, -0.15) is 0 Å². The molecule has 0 aliphatic rings. The van der Waals surface area contributed by atoms with Gasteiger partial charge in [0.15, 0.2) is 0 Å². The lowest BCUT2D eigenvalue weighted by Crippen LogP contribution is -2.21. The highest BCUT2D eigenvalue weighted by molar-refractivity contribution is 6.30. The average Bonchev–Trinajstić information content (AvgIpc) is 2.40. The van der Waals surface area contributed by atoms with Gasteiger partial charge in [-0.3, -0.25) is 0 Å². The molecule has 0 spiro atoms. The van der Waals surface area contributed by atoms with Crippen LogP contribution >= 0.6 is 11.6 Å². The SMILES string of the molecule is Cc1ccccc1N(C)c1nc(C(C)(C)C)nc(Cl)c1C. The van der Waals surface area contributed by atoms with Gasteiger partial charge in [-0.05, 0) is 25.5 Å². The number of rotatable bonds is 2. The molecule has 2 aromatic rings. The Hall–Kier alpha value is -1.61. The van der Waals surface area contributed by atoms with E-state index < -0.39 is 0 Å². The molecular formula is C17H22ClN3. The van der Waals surface area contributed by atoms with E-state index in [0.717, 1.165) is 22.9 Å². The van der Waals surface area contributed by atoms with Crippen LogP contribution in [-0.4, -0.2) is 17.0 Å². The summed E-state index contributed by atoms with van der Waals surface area (Å²) in [6, 6.07) is 8.24. The Kier molecular flexibility index (Phi) is 4.24. The molecule has 0 aliphatic carbocycles. The predicted octanol–water partition coefficient (Wildman–Crippen LogP) is 4.81. The van der Waals surface area contributed by atoms with Crippen molar-refractivity contribution in [3.05, 3.63) is 46.4 Å². The van der Waals surface area contributed by atoms with Crippen LogP contribution in [0.25, 0.3) is 0 Å². The van der Waals surface area contributed by atoms with E-state index in [-0.39, 0.29) is 5.41 Å². The third-order valence-electron chi connectivity index (χ3n) is 3.53. The third-order valence-corrected chi connectivity index (χ3v) is 3.89. The van der Waals surface area contributed by atoms with Gasteiger partial charge >= 0.3 is 0 Å². The minimum absolute atomic E-state index is 0.140. The molecule has 0 atom stereocenters. The maximum Gasteiger partial charge on any atom is 0.140 e. The highest BCUT2D eigenvalue weighted by Gasteiger charge is 2.22. The molecule has 3 nitrogen and oxygen atoms in total. The Morgan fingerprint density at radius 3 is 2.24 bits per heavy atom. The molecule has 112 valence electrons. The number of para-hydroxylation sites is 1. The monoisotopic (exact) mass is 303 g/mol. The van der Waals surface area contributed by atoms with Gasteiger partial charge < -0.3 is 4.90 Å². The quantitative estimate of drug-likeness (QED) is 0.745. The number of halogens is 1. The van der Waals surface area contributed by atoms with Crippen LogP contribution in [0.5, 0.6) is 0 Å². The fourth-order valence-corrected chi connectivity index (χ4v) is 2.36. The van der Waals surface area contributed by atoms with Crippen LogP contribution in [0.15, 0.2) is 24.3 Å². The zero-order valence-corrected chi connectivity index (χ0v) is 14.3. The van der Waals surface area contributed by atoms with Crippen LogP contribution in [0, 0.1) is 13.8 Å². The second-order valence-corrected chi connectivity index (χ2v) is 6.74.